The number of morpholine rings is 1. The monoisotopic (exact) mass is 262 g/mol. The van der Waals surface area contributed by atoms with Crippen LogP contribution in [-0.2, 0) is 10.3 Å². The molecule has 1 saturated heterocycles. The second-order valence-corrected chi connectivity index (χ2v) is 4.93. The Balaban J connectivity index is 1.84. The normalized spacial score (nSPS) is 16.8. The molecule has 2 aromatic rings. The van der Waals surface area contributed by atoms with Crippen LogP contribution in [0.3, 0.4) is 0 Å². The zero-order chi connectivity index (χ0) is 13.3. The zero-order valence-electron chi connectivity index (χ0n) is 11.0. The summed E-state index contributed by atoms with van der Waals surface area (Å²) in [6.07, 6.45) is 3.37. The number of ether oxygens (including phenoxy) is 1. The zero-order valence-corrected chi connectivity index (χ0v) is 11.0. The van der Waals surface area contributed by atoms with Crippen LogP contribution < -0.4 is 4.90 Å². The summed E-state index contributed by atoms with van der Waals surface area (Å²) in [4.78, 5) is 2.03. The van der Waals surface area contributed by atoms with Crippen LogP contribution in [0.5, 0.6) is 0 Å². The third-order valence-corrected chi connectivity index (χ3v) is 3.25. The molecule has 1 fully saturated rings. The van der Waals surface area contributed by atoms with Gasteiger partial charge >= 0.3 is 6.01 Å². The molecule has 2 aromatic heterocycles. The molecule has 19 heavy (non-hydrogen) atoms. The highest BCUT2D eigenvalue weighted by Gasteiger charge is 2.31. The summed E-state index contributed by atoms with van der Waals surface area (Å²) >= 11 is 0. The van der Waals surface area contributed by atoms with Crippen molar-refractivity contribution in [2.45, 2.75) is 19.4 Å². The van der Waals surface area contributed by atoms with Gasteiger partial charge in [-0.15, -0.1) is 5.10 Å². The summed E-state index contributed by atoms with van der Waals surface area (Å²) in [6, 6.07) is 3.45. The molecule has 7 heteroatoms. The minimum absolute atomic E-state index is 0.489. The molecule has 3 rings (SSSR count). The van der Waals surface area contributed by atoms with E-state index in [0.717, 1.165) is 13.1 Å². The lowest BCUT2D eigenvalue weighted by atomic mass is 10.1. The maximum absolute atomic E-state index is 5.79. The highest BCUT2D eigenvalue weighted by Crippen LogP contribution is 2.25. The Morgan fingerprint density at radius 3 is 2.74 bits per heavy atom. The lowest BCUT2D eigenvalue weighted by Crippen LogP contribution is -2.36. The molecule has 1 aliphatic heterocycles. The van der Waals surface area contributed by atoms with E-state index in [9.17, 15) is 0 Å². The molecular formula is C12H16N5O2. The number of anilines is 1. The molecule has 0 amide bonds. The van der Waals surface area contributed by atoms with Crippen molar-refractivity contribution in [1.29, 1.82) is 0 Å². The number of hydrogen-bond acceptors (Lipinski definition) is 6. The molecule has 1 radical (unpaired) electrons. The molecule has 0 spiro atoms. The summed E-state index contributed by atoms with van der Waals surface area (Å²) in [5.41, 5.74) is -0.489. The van der Waals surface area contributed by atoms with Gasteiger partial charge in [0.25, 0.3) is 0 Å². The fourth-order valence-electron chi connectivity index (χ4n) is 1.98. The van der Waals surface area contributed by atoms with E-state index in [1.807, 2.05) is 18.7 Å². The van der Waals surface area contributed by atoms with Crippen LogP contribution in [0.25, 0.3) is 0 Å². The second kappa shape index (κ2) is 4.65. The van der Waals surface area contributed by atoms with Crippen LogP contribution in [0, 0.1) is 6.07 Å². The number of hydrogen-bond donors (Lipinski definition) is 0. The van der Waals surface area contributed by atoms with Gasteiger partial charge in [0.2, 0.25) is 5.89 Å². The average Bonchev–Trinajstić information content (AvgIpc) is 3.12. The van der Waals surface area contributed by atoms with Gasteiger partial charge in [0.15, 0.2) is 0 Å². The average molecular weight is 262 g/mol. The molecule has 1 aliphatic rings. The van der Waals surface area contributed by atoms with Crippen molar-refractivity contribution < 1.29 is 9.15 Å². The molecular weight excluding hydrogens is 246 g/mol. The summed E-state index contributed by atoms with van der Waals surface area (Å²) in [6.45, 7) is 6.88. The molecule has 0 aliphatic carbocycles. The van der Waals surface area contributed by atoms with Crippen LogP contribution in [0.15, 0.2) is 16.8 Å². The van der Waals surface area contributed by atoms with Crippen LogP contribution in [0.2, 0.25) is 0 Å². The fraction of sp³-hybridized carbons (Fsp3) is 0.583. The van der Waals surface area contributed by atoms with Crippen molar-refractivity contribution >= 4 is 6.01 Å². The first-order valence-electron chi connectivity index (χ1n) is 6.26. The molecule has 0 N–H and O–H groups in total. The maximum Gasteiger partial charge on any atom is 0.318 e. The predicted molar refractivity (Wildman–Crippen MR) is 66.8 cm³/mol. The van der Waals surface area contributed by atoms with E-state index in [2.05, 4.69) is 21.4 Å². The minimum atomic E-state index is -0.489. The van der Waals surface area contributed by atoms with E-state index >= 15 is 0 Å². The van der Waals surface area contributed by atoms with Crippen molar-refractivity contribution in [3.8, 4) is 0 Å². The fourth-order valence-corrected chi connectivity index (χ4v) is 1.98. The van der Waals surface area contributed by atoms with Gasteiger partial charge in [-0.05, 0) is 13.8 Å². The van der Waals surface area contributed by atoms with Gasteiger partial charge in [-0.25, -0.2) is 0 Å². The van der Waals surface area contributed by atoms with Gasteiger partial charge in [-0.1, -0.05) is 5.10 Å². The first-order valence-corrected chi connectivity index (χ1v) is 6.26. The summed E-state index contributed by atoms with van der Waals surface area (Å²) in [7, 11) is 0. The minimum Gasteiger partial charge on any atom is -0.405 e. The molecule has 101 valence electrons. The highest BCUT2D eigenvalue weighted by atomic mass is 16.5. The van der Waals surface area contributed by atoms with Crippen LogP contribution >= 0.6 is 0 Å². The largest absolute Gasteiger partial charge is 0.405 e. The number of nitrogens with zero attached hydrogens (tertiary/aromatic N) is 5. The Labute approximate surface area is 111 Å². The van der Waals surface area contributed by atoms with Crippen LogP contribution in [0.1, 0.15) is 19.7 Å². The van der Waals surface area contributed by atoms with Crippen molar-refractivity contribution in [3.05, 3.63) is 24.4 Å². The standard InChI is InChI=1S/C12H16N5O2/c1-12(2,17-5-3-4-13-17)10-14-15-11(19-10)16-6-8-18-9-7-16/h4-5H,6-9H2,1-2H3. The Bertz CT molecular complexity index is 528. The van der Waals surface area contributed by atoms with E-state index < -0.39 is 5.54 Å². The molecule has 0 unspecified atom stereocenters. The van der Waals surface area contributed by atoms with Crippen LogP contribution in [-0.4, -0.2) is 46.3 Å². The smallest absolute Gasteiger partial charge is 0.318 e. The topological polar surface area (TPSA) is 69.2 Å². The quantitative estimate of drug-likeness (QED) is 0.810. The van der Waals surface area contributed by atoms with E-state index in [0.29, 0.717) is 25.1 Å². The van der Waals surface area contributed by atoms with Crippen LogP contribution in [0.4, 0.5) is 6.01 Å². The van der Waals surface area contributed by atoms with Crippen molar-refractivity contribution in [2.24, 2.45) is 0 Å². The lowest BCUT2D eigenvalue weighted by molar-refractivity contribution is 0.120. The SMILES string of the molecule is CC(C)(c1nnc(N2CCOCC2)o1)n1c[c]cn1. The van der Waals surface area contributed by atoms with Gasteiger partial charge in [-0.3, -0.25) is 4.68 Å². The summed E-state index contributed by atoms with van der Waals surface area (Å²) < 4.78 is 12.8. The third kappa shape index (κ3) is 2.21. The molecule has 0 atom stereocenters. The molecule has 0 saturated carbocycles. The molecule has 7 nitrogen and oxygen atoms in total. The van der Waals surface area contributed by atoms with Crippen molar-refractivity contribution in [3.63, 3.8) is 0 Å². The van der Waals surface area contributed by atoms with E-state index in [1.165, 1.54) is 0 Å². The molecule has 0 aromatic carbocycles. The Morgan fingerprint density at radius 1 is 1.26 bits per heavy atom. The Hall–Kier alpha value is -1.89. The van der Waals surface area contributed by atoms with Gasteiger partial charge in [0.05, 0.1) is 19.4 Å². The van der Waals surface area contributed by atoms with Gasteiger partial charge in [-0.2, -0.15) is 5.10 Å². The second-order valence-electron chi connectivity index (χ2n) is 4.93. The third-order valence-electron chi connectivity index (χ3n) is 3.25. The molecule has 3 heterocycles. The molecule has 0 bridgehead atoms. The predicted octanol–water partition coefficient (Wildman–Crippen LogP) is 0.686. The van der Waals surface area contributed by atoms with E-state index in [-0.39, 0.29) is 0 Å². The van der Waals surface area contributed by atoms with Crippen molar-refractivity contribution in [2.75, 3.05) is 31.2 Å². The lowest BCUT2D eigenvalue weighted by Gasteiger charge is -2.25. The number of rotatable bonds is 3. The van der Waals surface area contributed by atoms with Gasteiger partial charge in [0, 0.05) is 25.4 Å². The maximum atomic E-state index is 5.79. The first kappa shape index (κ1) is 12.2. The van der Waals surface area contributed by atoms with Crippen molar-refractivity contribution in [1.82, 2.24) is 20.0 Å². The summed E-state index contributed by atoms with van der Waals surface area (Å²) in [5, 5.41) is 12.4. The highest BCUT2D eigenvalue weighted by molar-refractivity contribution is 5.25. The van der Waals surface area contributed by atoms with E-state index in [4.69, 9.17) is 9.15 Å². The van der Waals surface area contributed by atoms with Gasteiger partial charge in [0.1, 0.15) is 5.54 Å². The Morgan fingerprint density at radius 2 is 2.05 bits per heavy atom. The summed E-state index contributed by atoms with van der Waals surface area (Å²) in [5.74, 6) is 0.533. The van der Waals surface area contributed by atoms with Gasteiger partial charge < -0.3 is 14.1 Å². The first-order chi connectivity index (χ1) is 9.18. The number of aromatic nitrogens is 4. The van der Waals surface area contributed by atoms with E-state index in [1.54, 1.807) is 17.1 Å². The Kier molecular flexibility index (Phi) is 2.98.